The molecule has 0 aliphatic heterocycles. The molecule has 1 aromatic carbocycles. The second-order valence-electron chi connectivity index (χ2n) is 5.95. The molecule has 0 saturated heterocycles. The van der Waals surface area contributed by atoms with Gasteiger partial charge in [-0.25, -0.2) is 18.4 Å². The molecule has 31 heavy (non-hydrogen) atoms. The minimum Gasteiger partial charge on any atom is -0.347 e. The lowest BCUT2D eigenvalue weighted by molar-refractivity contribution is -0.137. The van der Waals surface area contributed by atoms with Crippen LogP contribution in [0.5, 0.6) is 0 Å². The van der Waals surface area contributed by atoms with Gasteiger partial charge < -0.3 is 5.32 Å². The lowest BCUT2D eigenvalue weighted by Gasteiger charge is -2.11. The molecule has 0 spiro atoms. The summed E-state index contributed by atoms with van der Waals surface area (Å²) < 4.78 is 65.4. The van der Waals surface area contributed by atoms with Crippen molar-refractivity contribution in [3.8, 4) is 0 Å². The van der Waals surface area contributed by atoms with Crippen LogP contribution in [-0.2, 0) is 22.7 Å². The Bertz CT molecular complexity index is 1220. The Hall–Kier alpha value is -2.41. The van der Waals surface area contributed by atoms with Gasteiger partial charge in [0.15, 0.2) is 5.13 Å². The fourth-order valence-corrected chi connectivity index (χ4v) is 4.63. The number of hydrogen-bond acceptors (Lipinski definition) is 6. The van der Waals surface area contributed by atoms with Crippen LogP contribution in [0.15, 0.2) is 47.6 Å². The molecule has 14 heteroatoms. The number of carbonyl (C=O) groups excluding carboxylic acids is 1. The summed E-state index contributed by atoms with van der Waals surface area (Å²) in [6, 6.07) is 5.48. The molecule has 0 aliphatic rings. The number of aromatic nitrogens is 2. The summed E-state index contributed by atoms with van der Waals surface area (Å²) in [6.07, 6.45) is -2.30. The van der Waals surface area contributed by atoms with Gasteiger partial charge in [-0.05, 0) is 29.8 Å². The summed E-state index contributed by atoms with van der Waals surface area (Å²) in [4.78, 5) is 19.6. The van der Waals surface area contributed by atoms with Gasteiger partial charge in [0.25, 0.3) is 15.9 Å². The van der Waals surface area contributed by atoms with Crippen molar-refractivity contribution in [3.63, 3.8) is 0 Å². The summed E-state index contributed by atoms with van der Waals surface area (Å²) in [5.41, 5.74) is -0.720. The first-order valence-electron chi connectivity index (χ1n) is 8.20. The molecule has 0 bridgehead atoms. The van der Waals surface area contributed by atoms with Crippen molar-refractivity contribution in [1.29, 1.82) is 0 Å². The minimum absolute atomic E-state index is 0.0713. The van der Waals surface area contributed by atoms with E-state index in [0.29, 0.717) is 9.90 Å². The fraction of sp³-hybridized carbons (Fsp3) is 0.118. The number of thiazole rings is 1. The van der Waals surface area contributed by atoms with Crippen LogP contribution in [0.1, 0.15) is 21.6 Å². The summed E-state index contributed by atoms with van der Waals surface area (Å²) in [6.45, 7) is -0.106. The topological polar surface area (TPSA) is 101 Å². The number of rotatable bonds is 6. The number of alkyl halides is 3. The number of hydrogen-bond donors (Lipinski definition) is 2. The zero-order valence-corrected chi connectivity index (χ0v) is 18.2. The van der Waals surface area contributed by atoms with Crippen molar-refractivity contribution < 1.29 is 26.4 Å². The van der Waals surface area contributed by atoms with Crippen LogP contribution in [0.2, 0.25) is 9.36 Å². The van der Waals surface area contributed by atoms with Crippen LogP contribution >= 0.6 is 34.5 Å². The van der Waals surface area contributed by atoms with Gasteiger partial charge in [0.2, 0.25) is 0 Å². The van der Waals surface area contributed by atoms with Crippen LogP contribution in [0, 0.1) is 0 Å². The molecule has 164 valence electrons. The highest BCUT2D eigenvalue weighted by Crippen LogP contribution is 2.35. The largest absolute Gasteiger partial charge is 0.417 e. The first-order chi connectivity index (χ1) is 14.5. The average molecular weight is 511 g/mol. The number of sulfonamides is 1. The monoisotopic (exact) mass is 510 g/mol. The van der Waals surface area contributed by atoms with E-state index < -0.39 is 32.7 Å². The Balaban J connectivity index is 1.65. The Morgan fingerprint density at radius 2 is 1.84 bits per heavy atom. The molecular weight excluding hydrogens is 500 g/mol. The van der Waals surface area contributed by atoms with Gasteiger partial charge in [0.1, 0.15) is 14.9 Å². The second-order valence-corrected chi connectivity index (χ2v) is 9.70. The molecule has 0 fully saturated rings. The molecule has 7 nitrogen and oxygen atoms in total. The Morgan fingerprint density at radius 1 is 1.10 bits per heavy atom. The molecular formula is C17H11Cl2F3N4O3S2. The van der Waals surface area contributed by atoms with E-state index in [0.717, 1.165) is 29.7 Å². The first-order valence-corrected chi connectivity index (χ1v) is 11.3. The number of anilines is 1. The molecule has 3 rings (SSSR count). The van der Waals surface area contributed by atoms with Crippen molar-refractivity contribution >= 4 is 55.6 Å². The molecule has 2 N–H and O–H groups in total. The standard InChI is InChI=1S/C17H11Cl2F3N4O3S2/c18-12-5-9(1-3-11(12)17(20,21)22)6-24-15(27)13-4-2-10(7-23-13)31(28,29)26-16-25-8-14(19)30-16/h1-5,7-8H,6H2,(H,24,27)(H,25,26). The van der Waals surface area contributed by atoms with E-state index in [1.807, 2.05) is 0 Å². The van der Waals surface area contributed by atoms with Crippen molar-refractivity contribution in [3.05, 3.63) is 68.9 Å². The zero-order chi connectivity index (χ0) is 22.8. The molecule has 3 aromatic rings. The van der Waals surface area contributed by atoms with Crippen LogP contribution < -0.4 is 10.0 Å². The van der Waals surface area contributed by atoms with Crippen molar-refractivity contribution in [1.82, 2.24) is 15.3 Å². The predicted octanol–water partition coefficient (Wildman–Crippen LogP) is 4.59. The minimum atomic E-state index is -4.58. The average Bonchev–Trinajstić information content (AvgIpc) is 3.09. The van der Waals surface area contributed by atoms with Crippen molar-refractivity contribution in [2.24, 2.45) is 0 Å². The van der Waals surface area contributed by atoms with Crippen LogP contribution in [0.3, 0.4) is 0 Å². The molecule has 0 atom stereocenters. The summed E-state index contributed by atoms with van der Waals surface area (Å²) in [5.74, 6) is -0.653. The SMILES string of the molecule is O=C(NCc1ccc(C(F)(F)F)c(Cl)c1)c1ccc(S(=O)(=O)Nc2ncc(Cl)s2)cn1. The van der Waals surface area contributed by atoms with E-state index in [1.165, 1.54) is 24.4 Å². The molecule has 0 radical (unpaired) electrons. The van der Waals surface area contributed by atoms with Gasteiger partial charge in [-0.3, -0.25) is 9.52 Å². The van der Waals surface area contributed by atoms with E-state index in [1.54, 1.807) is 0 Å². The number of nitrogens with one attached hydrogen (secondary N) is 2. The van der Waals surface area contributed by atoms with E-state index in [-0.39, 0.29) is 22.3 Å². The van der Waals surface area contributed by atoms with E-state index in [2.05, 4.69) is 20.0 Å². The van der Waals surface area contributed by atoms with Crippen molar-refractivity contribution in [2.75, 3.05) is 4.72 Å². The maximum Gasteiger partial charge on any atom is 0.417 e. The summed E-state index contributed by atoms with van der Waals surface area (Å²) in [7, 11) is -3.98. The second kappa shape index (κ2) is 8.99. The van der Waals surface area contributed by atoms with E-state index in [9.17, 15) is 26.4 Å². The summed E-state index contributed by atoms with van der Waals surface area (Å²) in [5, 5.41) is 2.06. The maximum atomic E-state index is 12.7. The van der Waals surface area contributed by atoms with Gasteiger partial charge in [-0.2, -0.15) is 13.2 Å². The molecule has 2 heterocycles. The lowest BCUT2D eigenvalue weighted by atomic mass is 10.1. The molecule has 2 aromatic heterocycles. The molecule has 0 unspecified atom stereocenters. The lowest BCUT2D eigenvalue weighted by Crippen LogP contribution is -2.24. The van der Waals surface area contributed by atoms with E-state index in [4.69, 9.17) is 23.2 Å². The number of halogens is 5. The Labute approximate surface area is 188 Å². The Morgan fingerprint density at radius 3 is 2.39 bits per heavy atom. The highest BCUT2D eigenvalue weighted by molar-refractivity contribution is 7.93. The van der Waals surface area contributed by atoms with Crippen molar-refractivity contribution in [2.45, 2.75) is 17.6 Å². The van der Waals surface area contributed by atoms with E-state index >= 15 is 0 Å². The molecule has 1 amide bonds. The number of pyridine rings is 1. The smallest absolute Gasteiger partial charge is 0.347 e. The fourth-order valence-electron chi connectivity index (χ4n) is 2.32. The van der Waals surface area contributed by atoms with Crippen LogP contribution in [0.25, 0.3) is 0 Å². The van der Waals surface area contributed by atoms with Crippen LogP contribution in [0.4, 0.5) is 18.3 Å². The Kier molecular flexibility index (Phi) is 6.74. The third-order valence-electron chi connectivity index (χ3n) is 3.77. The van der Waals surface area contributed by atoms with Crippen LogP contribution in [-0.4, -0.2) is 24.3 Å². The third kappa shape index (κ3) is 5.85. The van der Waals surface area contributed by atoms with Gasteiger partial charge in [0, 0.05) is 12.7 Å². The van der Waals surface area contributed by atoms with Gasteiger partial charge >= 0.3 is 6.18 Å². The number of nitrogens with zero attached hydrogens (tertiary/aromatic N) is 2. The number of carbonyl (C=O) groups is 1. The maximum absolute atomic E-state index is 12.7. The number of amides is 1. The highest BCUT2D eigenvalue weighted by Gasteiger charge is 2.33. The summed E-state index contributed by atoms with van der Waals surface area (Å²) >= 11 is 12.3. The first kappa shape index (κ1) is 23.3. The number of benzene rings is 1. The normalized spacial score (nSPS) is 11.9. The molecule has 0 aliphatic carbocycles. The third-order valence-corrected chi connectivity index (χ3v) is 6.57. The highest BCUT2D eigenvalue weighted by atomic mass is 35.5. The van der Waals surface area contributed by atoms with Gasteiger partial charge in [0.05, 0.1) is 16.8 Å². The zero-order valence-electron chi connectivity index (χ0n) is 15.1. The van der Waals surface area contributed by atoms with Gasteiger partial charge in [-0.15, -0.1) is 0 Å². The predicted molar refractivity (Wildman–Crippen MR) is 110 cm³/mol. The van der Waals surface area contributed by atoms with Gasteiger partial charge in [-0.1, -0.05) is 40.6 Å². The molecule has 0 saturated carbocycles. The quantitative estimate of drug-likeness (QED) is 0.504.